The first-order chi connectivity index (χ1) is 18.3. The molecule has 38 heavy (non-hydrogen) atoms. The van der Waals surface area contributed by atoms with E-state index >= 15 is 0 Å². The molecule has 0 aliphatic carbocycles. The van der Waals surface area contributed by atoms with Crippen LogP contribution in [0.2, 0.25) is 0 Å². The summed E-state index contributed by atoms with van der Waals surface area (Å²) >= 11 is 1.23. The molecule has 0 saturated carbocycles. The minimum Gasteiger partial charge on any atom is -0.504 e. The molecule has 0 bridgehead atoms. The van der Waals surface area contributed by atoms with Crippen LogP contribution in [-0.4, -0.2) is 36.0 Å². The summed E-state index contributed by atoms with van der Waals surface area (Å²) in [5.74, 6) is 0.466. The van der Waals surface area contributed by atoms with Gasteiger partial charge in [-0.2, -0.15) is 0 Å². The number of phenols is 1. The molecular weight excluding hydrogens is 504 g/mol. The minimum absolute atomic E-state index is 0.0538. The second-order valence-corrected chi connectivity index (χ2v) is 9.54. The van der Waals surface area contributed by atoms with Crippen LogP contribution in [0, 0.1) is 0 Å². The fraction of sp³-hybridized carbons (Fsp3) is 0.276. The largest absolute Gasteiger partial charge is 0.504 e. The molecule has 0 spiro atoms. The van der Waals surface area contributed by atoms with E-state index in [0.717, 1.165) is 0 Å². The lowest BCUT2D eigenvalue weighted by atomic mass is 9.95. The fourth-order valence-corrected chi connectivity index (χ4v) is 5.47. The number of rotatable bonds is 9. The predicted octanol–water partition coefficient (Wildman–Crippen LogP) is 3.64. The van der Waals surface area contributed by atoms with E-state index in [9.17, 15) is 14.7 Å². The van der Waals surface area contributed by atoms with Gasteiger partial charge in [-0.15, -0.1) is 6.58 Å². The maximum atomic E-state index is 13.9. The molecule has 2 aromatic carbocycles. The van der Waals surface area contributed by atoms with E-state index in [-0.39, 0.29) is 17.9 Å². The van der Waals surface area contributed by atoms with Crippen molar-refractivity contribution in [2.45, 2.75) is 33.2 Å². The lowest BCUT2D eigenvalue weighted by molar-refractivity contribution is -0.139. The second-order valence-electron chi connectivity index (χ2n) is 8.53. The van der Waals surface area contributed by atoms with Crippen LogP contribution in [0.5, 0.6) is 17.2 Å². The molecule has 0 unspecified atom stereocenters. The molecule has 1 N–H and O–H groups in total. The molecule has 1 aliphatic heterocycles. The molecule has 0 saturated heterocycles. The van der Waals surface area contributed by atoms with E-state index in [2.05, 4.69) is 11.6 Å². The van der Waals surface area contributed by atoms with E-state index in [1.54, 1.807) is 57.4 Å². The number of allylic oxidation sites excluding steroid dienone is 2. The topological polar surface area (TPSA) is 99.4 Å². The number of methoxy groups -OCH3 is 1. The van der Waals surface area contributed by atoms with E-state index in [1.165, 1.54) is 15.9 Å². The van der Waals surface area contributed by atoms with Gasteiger partial charge in [0.05, 0.1) is 42.2 Å². The highest BCUT2D eigenvalue weighted by Crippen LogP contribution is 2.34. The highest BCUT2D eigenvalue weighted by atomic mass is 32.1. The minimum atomic E-state index is -0.738. The zero-order valence-electron chi connectivity index (χ0n) is 21.8. The number of carbonyl (C=O) groups excluding carboxylic acids is 1. The maximum absolute atomic E-state index is 13.9. The van der Waals surface area contributed by atoms with Crippen LogP contribution in [0.25, 0.3) is 6.08 Å². The summed E-state index contributed by atoms with van der Waals surface area (Å²) in [5.41, 5.74) is 2.52. The van der Waals surface area contributed by atoms with Gasteiger partial charge in [0.1, 0.15) is 5.75 Å². The van der Waals surface area contributed by atoms with Crippen LogP contribution in [0.15, 0.2) is 70.1 Å². The van der Waals surface area contributed by atoms with Crippen molar-refractivity contribution in [1.82, 2.24) is 4.57 Å². The highest BCUT2D eigenvalue weighted by molar-refractivity contribution is 7.07. The van der Waals surface area contributed by atoms with Crippen LogP contribution in [0.1, 0.15) is 43.5 Å². The SMILES string of the molecule is C=CCc1cc(/C=c2\sc3n(c2=O)[C@@H](c2cccc(OC)c2)C(C(=O)OCC)=C(C)N=3)cc(OCC)c1O. The summed E-state index contributed by atoms with van der Waals surface area (Å²) in [4.78, 5) is 32.0. The van der Waals surface area contributed by atoms with E-state index < -0.39 is 12.0 Å². The number of aromatic hydroxyl groups is 1. The van der Waals surface area contributed by atoms with Crippen molar-refractivity contribution in [1.29, 1.82) is 0 Å². The Morgan fingerprint density at radius 1 is 1.24 bits per heavy atom. The third kappa shape index (κ3) is 5.15. The quantitative estimate of drug-likeness (QED) is 0.333. The number of phenolic OH excluding ortho intramolecular Hbond substituents is 1. The number of hydrogen-bond acceptors (Lipinski definition) is 8. The fourth-order valence-electron chi connectivity index (χ4n) is 4.42. The molecule has 2 heterocycles. The van der Waals surface area contributed by atoms with E-state index in [0.29, 0.717) is 61.8 Å². The number of fused-ring (bicyclic) bond motifs is 1. The molecule has 4 rings (SSSR count). The molecule has 9 heteroatoms. The van der Waals surface area contributed by atoms with Gasteiger partial charge in [0, 0.05) is 5.56 Å². The predicted molar refractivity (Wildman–Crippen MR) is 147 cm³/mol. The number of nitrogens with zero attached hydrogens (tertiary/aromatic N) is 2. The summed E-state index contributed by atoms with van der Waals surface area (Å²) in [5, 5.41) is 10.6. The van der Waals surface area contributed by atoms with Crippen molar-refractivity contribution in [3.8, 4) is 17.2 Å². The second kappa shape index (κ2) is 11.5. The third-order valence-corrected chi connectivity index (χ3v) is 7.05. The number of hydrogen-bond donors (Lipinski definition) is 1. The van der Waals surface area contributed by atoms with Gasteiger partial charge in [0.15, 0.2) is 16.3 Å². The van der Waals surface area contributed by atoms with Crippen molar-refractivity contribution in [2.24, 2.45) is 4.99 Å². The first kappa shape index (κ1) is 26.9. The van der Waals surface area contributed by atoms with Crippen LogP contribution < -0.4 is 24.4 Å². The first-order valence-corrected chi connectivity index (χ1v) is 13.1. The molecule has 1 aliphatic rings. The number of esters is 1. The number of carbonyl (C=O) groups is 1. The molecule has 3 aromatic rings. The molecular formula is C29H30N2O6S. The van der Waals surface area contributed by atoms with Gasteiger partial charge in [-0.25, -0.2) is 9.79 Å². The Morgan fingerprint density at radius 2 is 2.03 bits per heavy atom. The van der Waals surface area contributed by atoms with Crippen molar-refractivity contribution in [3.05, 3.63) is 96.7 Å². The molecule has 1 aromatic heterocycles. The first-order valence-electron chi connectivity index (χ1n) is 12.3. The Balaban J connectivity index is 1.95. The van der Waals surface area contributed by atoms with Gasteiger partial charge in [0.25, 0.3) is 5.56 Å². The van der Waals surface area contributed by atoms with Crippen molar-refractivity contribution >= 4 is 23.4 Å². The standard InChI is InChI=1S/C29H30N2O6S/c1-6-10-20-13-18(14-22(26(20)32)36-7-2)15-23-27(33)31-25(19-11-9-12-21(16-19)35-5)24(28(34)37-8-3)17(4)30-29(31)38-23/h6,9,11-16,25,32H,1,7-8,10H2,2-5H3/b23-15-/t25-/m0/s1. The van der Waals surface area contributed by atoms with Gasteiger partial charge in [-0.1, -0.05) is 29.5 Å². The zero-order valence-corrected chi connectivity index (χ0v) is 22.6. The Bertz CT molecular complexity index is 1600. The number of thiazole rings is 1. The molecule has 198 valence electrons. The van der Waals surface area contributed by atoms with Gasteiger partial charge in [-0.05, 0) is 68.7 Å². The Labute approximate surface area is 224 Å². The summed E-state index contributed by atoms with van der Waals surface area (Å²) in [6.07, 6.45) is 3.87. The molecule has 1 atom stereocenters. The summed E-state index contributed by atoms with van der Waals surface area (Å²) < 4.78 is 18.3. The van der Waals surface area contributed by atoms with Crippen LogP contribution >= 0.6 is 11.3 Å². The number of ether oxygens (including phenoxy) is 3. The van der Waals surface area contributed by atoms with Gasteiger partial charge >= 0.3 is 5.97 Å². The lowest BCUT2D eigenvalue weighted by Crippen LogP contribution is -2.39. The maximum Gasteiger partial charge on any atom is 0.338 e. The number of benzene rings is 2. The van der Waals surface area contributed by atoms with Crippen LogP contribution in [-0.2, 0) is 16.0 Å². The van der Waals surface area contributed by atoms with Crippen molar-refractivity contribution < 1.29 is 24.1 Å². The molecule has 0 amide bonds. The third-order valence-electron chi connectivity index (χ3n) is 6.06. The molecule has 8 nitrogen and oxygen atoms in total. The highest BCUT2D eigenvalue weighted by Gasteiger charge is 2.33. The normalized spacial score (nSPS) is 15.1. The molecule has 0 radical (unpaired) electrons. The van der Waals surface area contributed by atoms with E-state index in [1.807, 2.05) is 19.1 Å². The van der Waals surface area contributed by atoms with Crippen molar-refractivity contribution in [2.75, 3.05) is 20.3 Å². The Kier molecular flexibility index (Phi) is 8.16. The summed E-state index contributed by atoms with van der Waals surface area (Å²) in [7, 11) is 1.56. The molecule has 0 fully saturated rings. The van der Waals surface area contributed by atoms with Crippen molar-refractivity contribution in [3.63, 3.8) is 0 Å². The summed E-state index contributed by atoms with van der Waals surface area (Å²) in [6, 6.07) is 10.0. The smallest absolute Gasteiger partial charge is 0.338 e. The number of aromatic nitrogens is 1. The van der Waals surface area contributed by atoms with Gasteiger partial charge in [-0.3, -0.25) is 9.36 Å². The monoisotopic (exact) mass is 534 g/mol. The summed E-state index contributed by atoms with van der Waals surface area (Å²) in [6.45, 7) is 9.64. The van der Waals surface area contributed by atoms with Gasteiger partial charge < -0.3 is 19.3 Å². The Hall–Kier alpha value is -4.11. The van der Waals surface area contributed by atoms with Crippen LogP contribution in [0.4, 0.5) is 0 Å². The van der Waals surface area contributed by atoms with Crippen LogP contribution in [0.3, 0.4) is 0 Å². The Morgan fingerprint density at radius 3 is 2.71 bits per heavy atom. The van der Waals surface area contributed by atoms with E-state index in [4.69, 9.17) is 14.2 Å². The van der Waals surface area contributed by atoms with Gasteiger partial charge in [0.2, 0.25) is 0 Å². The zero-order chi connectivity index (χ0) is 27.4. The average Bonchev–Trinajstić information content (AvgIpc) is 3.20. The average molecular weight is 535 g/mol. The lowest BCUT2D eigenvalue weighted by Gasteiger charge is -2.25.